The fraction of sp³-hybridized carbons (Fsp3) is 0.833. The zero-order chi connectivity index (χ0) is 15.4. The Morgan fingerprint density at radius 1 is 1.21 bits per heavy atom. The Balaban J connectivity index is 4.74. The molecule has 0 aromatic carbocycles. The number of carboxylic acids is 1. The van der Waals surface area contributed by atoms with E-state index < -0.39 is 38.3 Å². The molecular formula is C12H23NO5S. The molecule has 112 valence electrons. The summed E-state index contributed by atoms with van der Waals surface area (Å²) in [7, 11) is -3.60. The minimum absolute atomic E-state index is 0.0839. The Morgan fingerprint density at radius 2 is 1.68 bits per heavy atom. The Labute approximate surface area is 114 Å². The molecule has 0 aliphatic rings. The standard InChI is InChI=1S/C12H23NO5S/c1-8(2)6-9(11(15)16)13-10(14)7-19(17,18)12(3,4)5/h8-9H,6-7H2,1-5H3,(H,13,14)(H,15,16)/t9-/m1/s1. The Bertz CT molecular complexity index is 434. The summed E-state index contributed by atoms with van der Waals surface area (Å²) in [5.74, 6) is -2.54. The van der Waals surface area contributed by atoms with Crippen LogP contribution in [0, 0.1) is 5.92 Å². The molecule has 0 radical (unpaired) electrons. The highest BCUT2D eigenvalue weighted by atomic mass is 32.2. The van der Waals surface area contributed by atoms with E-state index in [1.807, 2.05) is 13.8 Å². The first kappa shape index (κ1) is 17.9. The maximum Gasteiger partial charge on any atom is 0.326 e. The van der Waals surface area contributed by atoms with Crippen LogP contribution >= 0.6 is 0 Å². The van der Waals surface area contributed by atoms with Crippen molar-refractivity contribution in [3.8, 4) is 0 Å². The van der Waals surface area contributed by atoms with Gasteiger partial charge in [0.1, 0.15) is 11.8 Å². The smallest absolute Gasteiger partial charge is 0.326 e. The molecule has 0 fully saturated rings. The summed E-state index contributed by atoms with van der Waals surface area (Å²) < 4.78 is 22.6. The van der Waals surface area contributed by atoms with Crippen molar-refractivity contribution in [3.63, 3.8) is 0 Å². The van der Waals surface area contributed by atoms with E-state index in [1.54, 1.807) is 0 Å². The maximum atomic E-state index is 11.8. The number of carboxylic acid groups (broad SMARTS) is 1. The van der Waals surface area contributed by atoms with Gasteiger partial charge in [-0.05, 0) is 33.1 Å². The molecule has 0 aliphatic heterocycles. The van der Waals surface area contributed by atoms with Crippen LogP contribution in [-0.2, 0) is 19.4 Å². The van der Waals surface area contributed by atoms with Crippen LogP contribution in [0.15, 0.2) is 0 Å². The number of amides is 1. The normalized spacial score (nSPS) is 14.2. The van der Waals surface area contributed by atoms with E-state index in [1.165, 1.54) is 20.8 Å². The second kappa shape index (κ2) is 6.36. The molecule has 0 heterocycles. The zero-order valence-corrected chi connectivity index (χ0v) is 12.9. The lowest BCUT2D eigenvalue weighted by atomic mass is 10.0. The topological polar surface area (TPSA) is 101 Å². The van der Waals surface area contributed by atoms with E-state index in [0.29, 0.717) is 0 Å². The summed E-state index contributed by atoms with van der Waals surface area (Å²) in [5, 5.41) is 11.2. The predicted octanol–water partition coefficient (Wildman–Crippen LogP) is 0.815. The first-order chi connectivity index (χ1) is 8.36. The largest absolute Gasteiger partial charge is 0.480 e. The van der Waals surface area contributed by atoms with Crippen molar-refractivity contribution in [2.75, 3.05) is 5.75 Å². The van der Waals surface area contributed by atoms with Gasteiger partial charge in [-0.15, -0.1) is 0 Å². The number of aliphatic carboxylic acids is 1. The van der Waals surface area contributed by atoms with Gasteiger partial charge in [0.15, 0.2) is 9.84 Å². The van der Waals surface area contributed by atoms with E-state index in [4.69, 9.17) is 5.11 Å². The number of rotatable bonds is 6. The minimum atomic E-state index is -3.60. The molecule has 0 aromatic rings. The highest BCUT2D eigenvalue weighted by Gasteiger charge is 2.32. The van der Waals surface area contributed by atoms with Gasteiger partial charge in [-0.2, -0.15) is 0 Å². The lowest BCUT2D eigenvalue weighted by Crippen LogP contribution is -2.46. The van der Waals surface area contributed by atoms with Crippen LogP contribution in [0.4, 0.5) is 0 Å². The molecule has 0 saturated carbocycles. The molecule has 2 N–H and O–H groups in total. The lowest BCUT2D eigenvalue weighted by molar-refractivity contribution is -0.141. The van der Waals surface area contributed by atoms with Crippen molar-refractivity contribution in [3.05, 3.63) is 0 Å². The molecule has 1 amide bonds. The van der Waals surface area contributed by atoms with Crippen molar-refractivity contribution in [2.24, 2.45) is 5.92 Å². The van der Waals surface area contributed by atoms with E-state index in [2.05, 4.69) is 5.32 Å². The van der Waals surface area contributed by atoms with Gasteiger partial charge in [0.2, 0.25) is 5.91 Å². The summed E-state index contributed by atoms with van der Waals surface area (Å²) in [6.07, 6.45) is 0.261. The molecule has 0 unspecified atom stereocenters. The van der Waals surface area contributed by atoms with Crippen molar-refractivity contribution in [2.45, 2.75) is 51.8 Å². The van der Waals surface area contributed by atoms with Crippen molar-refractivity contribution in [1.82, 2.24) is 5.32 Å². The third-order valence-corrected chi connectivity index (χ3v) is 5.10. The fourth-order valence-electron chi connectivity index (χ4n) is 1.32. The van der Waals surface area contributed by atoms with Gasteiger partial charge in [-0.1, -0.05) is 13.8 Å². The van der Waals surface area contributed by atoms with Crippen LogP contribution in [0.1, 0.15) is 41.0 Å². The highest BCUT2D eigenvalue weighted by molar-refractivity contribution is 7.93. The van der Waals surface area contributed by atoms with Crippen LogP contribution in [0.5, 0.6) is 0 Å². The maximum absolute atomic E-state index is 11.8. The van der Waals surface area contributed by atoms with Crippen molar-refractivity contribution in [1.29, 1.82) is 0 Å². The Kier molecular flexibility index (Phi) is 5.99. The summed E-state index contributed by atoms with van der Waals surface area (Å²) in [4.78, 5) is 22.6. The first-order valence-electron chi connectivity index (χ1n) is 6.11. The molecule has 0 bridgehead atoms. The number of carbonyl (C=O) groups is 2. The molecule has 0 aromatic heterocycles. The van der Waals surface area contributed by atoms with E-state index in [0.717, 1.165) is 0 Å². The first-order valence-corrected chi connectivity index (χ1v) is 7.76. The minimum Gasteiger partial charge on any atom is -0.480 e. The second-order valence-electron chi connectivity index (χ2n) is 5.96. The SMILES string of the molecule is CC(C)C[C@@H](NC(=O)CS(=O)(=O)C(C)(C)C)C(=O)O. The van der Waals surface area contributed by atoms with Gasteiger partial charge in [-0.3, -0.25) is 4.79 Å². The van der Waals surface area contributed by atoms with E-state index in [-0.39, 0.29) is 12.3 Å². The lowest BCUT2D eigenvalue weighted by Gasteiger charge is -2.20. The van der Waals surface area contributed by atoms with E-state index >= 15 is 0 Å². The Hall–Kier alpha value is -1.11. The number of carbonyl (C=O) groups excluding carboxylic acids is 1. The summed E-state index contributed by atoms with van der Waals surface area (Å²) >= 11 is 0. The second-order valence-corrected chi connectivity index (χ2v) is 8.70. The van der Waals surface area contributed by atoms with Gasteiger partial charge >= 0.3 is 5.97 Å². The molecule has 1 atom stereocenters. The molecule has 0 aliphatic carbocycles. The quantitative estimate of drug-likeness (QED) is 0.755. The third kappa shape index (κ3) is 6.04. The highest BCUT2D eigenvalue weighted by Crippen LogP contribution is 2.15. The number of hydrogen-bond acceptors (Lipinski definition) is 4. The van der Waals surface area contributed by atoms with Gasteiger partial charge in [-0.25, -0.2) is 13.2 Å². The molecule has 7 heteroatoms. The summed E-state index contributed by atoms with van der Waals surface area (Å²) in [6, 6.07) is -1.05. The van der Waals surface area contributed by atoms with Crippen LogP contribution in [0.2, 0.25) is 0 Å². The molecular weight excluding hydrogens is 270 g/mol. The average Bonchev–Trinajstić information content (AvgIpc) is 2.12. The monoisotopic (exact) mass is 293 g/mol. The van der Waals surface area contributed by atoms with Crippen molar-refractivity contribution >= 4 is 21.7 Å². The summed E-state index contributed by atoms with van der Waals surface area (Å²) in [5.41, 5.74) is 0. The molecule has 0 spiro atoms. The van der Waals surface area contributed by atoms with Gasteiger partial charge in [0, 0.05) is 0 Å². The number of hydrogen-bond donors (Lipinski definition) is 2. The van der Waals surface area contributed by atoms with E-state index in [9.17, 15) is 18.0 Å². The number of nitrogens with one attached hydrogen (secondary N) is 1. The van der Waals surface area contributed by atoms with Crippen LogP contribution < -0.4 is 5.32 Å². The summed E-state index contributed by atoms with van der Waals surface area (Å²) in [6.45, 7) is 8.15. The zero-order valence-electron chi connectivity index (χ0n) is 12.1. The van der Waals surface area contributed by atoms with Crippen LogP contribution in [0.3, 0.4) is 0 Å². The molecule has 0 saturated heterocycles. The fourth-order valence-corrected chi connectivity index (χ4v) is 2.18. The molecule has 0 rings (SSSR count). The van der Waals surface area contributed by atoms with Crippen molar-refractivity contribution < 1.29 is 23.1 Å². The van der Waals surface area contributed by atoms with Crippen LogP contribution in [-0.4, -0.2) is 41.9 Å². The van der Waals surface area contributed by atoms with Gasteiger partial charge in [0.25, 0.3) is 0 Å². The average molecular weight is 293 g/mol. The van der Waals surface area contributed by atoms with Crippen LogP contribution in [0.25, 0.3) is 0 Å². The van der Waals surface area contributed by atoms with Gasteiger partial charge in [0.05, 0.1) is 4.75 Å². The molecule has 6 nitrogen and oxygen atoms in total. The predicted molar refractivity (Wildman–Crippen MR) is 72.6 cm³/mol. The number of sulfone groups is 1. The Morgan fingerprint density at radius 3 is 2.00 bits per heavy atom. The molecule has 19 heavy (non-hydrogen) atoms. The third-order valence-electron chi connectivity index (χ3n) is 2.59. The van der Waals surface area contributed by atoms with Gasteiger partial charge < -0.3 is 10.4 Å².